The summed E-state index contributed by atoms with van der Waals surface area (Å²) in [6, 6.07) is 7.36. The van der Waals surface area contributed by atoms with E-state index in [1.165, 1.54) is 4.90 Å². The zero-order valence-electron chi connectivity index (χ0n) is 13.7. The fourth-order valence-electron chi connectivity index (χ4n) is 2.75. The van der Waals surface area contributed by atoms with Gasteiger partial charge in [0, 0.05) is 20.0 Å². The van der Waals surface area contributed by atoms with Gasteiger partial charge >= 0.3 is 5.97 Å². The number of hydrogen-bond donors (Lipinski definition) is 1. The Labute approximate surface area is 130 Å². The first-order valence-electron chi connectivity index (χ1n) is 7.35. The number of carboxylic acid groups (broad SMARTS) is 1. The van der Waals surface area contributed by atoms with Crippen LogP contribution in [0.25, 0.3) is 0 Å². The Balaban J connectivity index is 2.17. The van der Waals surface area contributed by atoms with Crippen molar-refractivity contribution in [2.45, 2.75) is 32.3 Å². The van der Waals surface area contributed by atoms with E-state index in [-0.39, 0.29) is 17.4 Å². The average molecular weight is 305 g/mol. The van der Waals surface area contributed by atoms with E-state index in [4.69, 9.17) is 4.74 Å². The third-order valence-corrected chi connectivity index (χ3v) is 3.72. The van der Waals surface area contributed by atoms with Gasteiger partial charge in [-0.05, 0) is 38.5 Å². The summed E-state index contributed by atoms with van der Waals surface area (Å²) >= 11 is 0. The maximum atomic E-state index is 12.1. The number of rotatable bonds is 4. The molecule has 5 heteroatoms. The molecule has 1 aliphatic rings. The van der Waals surface area contributed by atoms with Gasteiger partial charge in [-0.2, -0.15) is 0 Å². The number of nitrogens with zero attached hydrogens (tertiary/aromatic N) is 1. The van der Waals surface area contributed by atoms with Crippen molar-refractivity contribution in [1.29, 1.82) is 0 Å². The topological polar surface area (TPSA) is 66.8 Å². The second-order valence-electron chi connectivity index (χ2n) is 6.93. The van der Waals surface area contributed by atoms with Crippen molar-refractivity contribution in [3.05, 3.63) is 29.8 Å². The standard InChI is InChI=1S/C17H23NO4/c1-17(2,3)22-11-8-6-10(7-9-11)12-13(14(12)16(20)21)15(19)18(4)5/h6-9,12-14H,1-5H3,(H,20,21)/t12-,13+,14-/m1/s1. The molecular weight excluding hydrogens is 282 g/mol. The molecule has 0 aromatic heterocycles. The zero-order valence-corrected chi connectivity index (χ0v) is 13.7. The van der Waals surface area contributed by atoms with Gasteiger partial charge in [0.2, 0.25) is 5.91 Å². The minimum Gasteiger partial charge on any atom is -0.488 e. The molecule has 1 saturated carbocycles. The van der Waals surface area contributed by atoms with Gasteiger partial charge in [0.05, 0.1) is 11.8 Å². The highest BCUT2D eigenvalue weighted by molar-refractivity contribution is 5.92. The quantitative estimate of drug-likeness (QED) is 0.927. The van der Waals surface area contributed by atoms with Crippen molar-refractivity contribution in [2.24, 2.45) is 11.8 Å². The molecule has 3 atom stereocenters. The number of carbonyl (C=O) groups excluding carboxylic acids is 1. The van der Waals surface area contributed by atoms with Crippen molar-refractivity contribution >= 4 is 11.9 Å². The minimum absolute atomic E-state index is 0.132. The molecule has 0 heterocycles. The monoisotopic (exact) mass is 305 g/mol. The summed E-state index contributed by atoms with van der Waals surface area (Å²) in [4.78, 5) is 24.9. The maximum Gasteiger partial charge on any atom is 0.307 e. The first-order chi connectivity index (χ1) is 10.1. The van der Waals surface area contributed by atoms with E-state index in [1.807, 2.05) is 45.0 Å². The number of aliphatic carboxylic acids is 1. The second-order valence-corrected chi connectivity index (χ2v) is 6.93. The van der Waals surface area contributed by atoms with Crippen LogP contribution in [-0.2, 0) is 9.59 Å². The maximum absolute atomic E-state index is 12.1. The van der Waals surface area contributed by atoms with Crippen molar-refractivity contribution in [3.63, 3.8) is 0 Å². The Hall–Kier alpha value is -2.04. The van der Waals surface area contributed by atoms with Crippen molar-refractivity contribution < 1.29 is 19.4 Å². The molecule has 0 spiro atoms. The fraction of sp³-hybridized carbons (Fsp3) is 0.529. The van der Waals surface area contributed by atoms with Crippen LogP contribution in [0, 0.1) is 11.8 Å². The molecule has 0 bridgehead atoms. The van der Waals surface area contributed by atoms with E-state index in [0.717, 1.165) is 11.3 Å². The molecule has 0 aliphatic heterocycles. The van der Waals surface area contributed by atoms with Gasteiger partial charge in [-0.25, -0.2) is 0 Å². The van der Waals surface area contributed by atoms with Crippen LogP contribution in [0.15, 0.2) is 24.3 Å². The minimum atomic E-state index is -0.916. The highest BCUT2D eigenvalue weighted by Gasteiger charge is 2.60. The smallest absolute Gasteiger partial charge is 0.307 e. The van der Waals surface area contributed by atoms with Crippen molar-refractivity contribution in [2.75, 3.05) is 14.1 Å². The van der Waals surface area contributed by atoms with E-state index < -0.39 is 17.8 Å². The molecular formula is C17H23NO4. The van der Waals surface area contributed by atoms with Crippen LogP contribution in [0.5, 0.6) is 5.75 Å². The lowest BCUT2D eigenvalue weighted by Gasteiger charge is -2.21. The van der Waals surface area contributed by atoms with Crippen molar-refractivity contribution in [1.82, 2.24) is 4.90 Å². The summed E-state index contributed by atoms with van der Waals surface area (Å²) in [6.45, 7) is 5.90. The third kappa shape index (κ3) is 3.40. The summed E-state index contributed by atoms with van der Waals surface area (Å²) < 4.78 is 5.75. The predicted octanol–water partition coefficient (Wildman–Crippen LogP) is 2.37. The van der Waals surface area contributed by atoms with Crippen LogP contribution in [0.4, 0.5) is 0 Å². The van der Waals surface area contributed by atoms with Gasteiger partial charge in [-0.15, -0.1) is 0 Å². The van der Waals surface area contributed by atoms with Gasteiger partial charge < -0.3 is 14.7 Å². The van der Waals surface area contributed by atoms with E-state index in [1.54, 1.807) is 14.1 Å². The molecule has 1 fully saturated rings. The van der Waals surface area contributed by atoms with Gasteiger partial charge in [0.1, 0.15) is 11.4 Å². The lowest BCUT2D eigenvalue weighted by Crippen LogP contribution is -2.25. The van der Waals surface area contributed by atoms with Gasteiger partial charge in [-0.3, -0.25) is 9.59 Å². The average Bonchev–Trinajstić information content (AvgIpc) is 3.12. The summed E-state index contributed by atoms with van der Waals surface area (Å²) in [5.41, 5.74) is 0.586. The van der Waals surface area contributed by atoms with Gasteiger partial charge in [0.25, 0.3) is 0 Å². The second kappa shape index (κ2) is 5.63. The molecule has 1 aromatic rings. The van der Waals surface area contributed by atoms with Crippen LogP contribution in [0.1, 0.15) is 32.3 Å². The van der Waals surface area contributed by atoms with E-state index in [9.17, 15) is 14.7 Å². The Morgan fingerprint density at radius 3 is 2.05 bits per heavy atom. The molecule has 0 saturated heterocycles. The summed E-state index contributed by atoms with van der Waals surface area (Å²) in [5.74, 6) is -1.67. The zero-order chi connectivity index (χ0) is 16.7. The summed E-state index contributed by atoms with van der Waals surface area (Å²) in [5, 5.41) is 9.30. The van der Waals surface area contributed by atoms with Crippen LogP contribution in [0.2, 0.25) is 0 Å². The number of amides is 1. The number of carbonyl (C=O) groups is 2. The highest BCUT2D eigenvalue weighted by Crippen LogP contribution is 2.55. The molecule has 0 radical (unpaired) electrons. The molecule has 120 valence electrons. The van der Waals surface area contributed by atoms with Gasteiger partial charge in [0.15, 0.2) is 0 Å². The Morgan fingerprint density at radius 1 is 1.09 bits per heavy atom. The number of benzene rings is 1. The van der Waals surface area contributed by atoms with E-state index in [2.05, 4.69) is 0 Å². The first kappa shape index (κ1) is 16.3. The van der Waals surface area contributed by atoms with E-state index in [0.29, 0.717) is 0 Å². The molecule has 2 rings (SSSR count). The van der Waals surface area contributed by atoms with Gasteiger partial charge in [-0.1, -0.05) is 12.1 Å². The predicted molar refractivity (Wildman–Crippen MR) is 82.9 cm³/mol. The molecule has 22 heavy (non-hydrogen) atoms. The largest absolute Gasteiger partial charge is 0.488 e. The summed E-state index contributed by atoms with van der Waals surface area (Å²) in [6.07, 6.45) is 0. The SMILES string of the molecule is CN(C)C(=O)[C@@H]1[C@H](C(=O)O)[C@@H]1c1ccc(OC(C)(C)C)cc1. The Bertz CT molecular complexity index is 571. The normalized spacial score (nSPS) is 23.8. The number of hydrogen-bond acceptors (Lipinski definition) is 3. The lowest BCUT2D eigenvalue weighted by atomic mass is 10.1. The molecule has 1 aromatic carbocycles. The van der Waals surface area contributed by atoms with Crippen LogP contribution < -0.4 is 4.74 Å². The van der Waals surface area contributed by atoms with E-state index >= 15 is 0 Å². The van der Waals surface area contributed by atoms with Crippen LogP contribution in [-0.4, -0.2) is 41.6 Å². The lowest BCUT2D eigenvalue weighted by molar-refractivity contribution is -0.141. The fourth-order valence-corrected chi connectivity index (χ4v) is 2.75. The molecule has 1 aliphatic carbocycles. The molecule has 1 N–H and O–H groups in total. The van der Waals surface area contributed by atoms with Crippen LogP contribution in [0.3, 0.4) is 0 Å². The van der Waals surface area contributed by atoms with Crippen molar-refractivity contribution in [3.8, 4) is 5.75 Å². The first-order valence-corrected chi connectivity index (χ1v) is 7.35. The number of ether oxygens (including phenoxy) is 1. The Kier molecular flexibility index (Phi) is 4.18. The number of carboxylic acids is 1. The molecule has 1 amide bonds. The Morgan fingerprint density at radius 2 is 1.64 bits per heavy atom. The van der Waals surface area contributed by atoms with Crippen LogP contribution >= 0.6 is 0 Å². The highest BCUT2D eigenvalue weighted by atomic mass is 16.5. The third-order valence-electron chi connectivity index (χ3n) is 3.72. The molecule has 0 unspecified atom stereocenters. The summed E-state index contributed by atoms with van der Waals surface area (Å²) in [7, 11) is 3.30. The molecule has 5 nitrogen and oxygen atoms in total.